The first-order valence-electron chi connectivity index (χ1n) is 10.2. The molecule has 0 aromatic heterocycles. The van der Waals surface area contributed by atoms with Crippen LogP contribution in [0.15, 0.2) is 49.1 Å². The normalized spacial score (nSPS) is 12.2. The molecule has 0 bridgehead atoms. The molecular formula is C24H24N2O7. The Morgan fingerprint density at radius 3 is 2.42 bits per heavy atom. The zero-order chi connectivity index (χ0) is 24.0. The Morgan fingerprint density at radius 2 is 1.73 bits per heavy atom. The number of nitrogens with zero attached hydrogens (tertiary/aromatic N) is 1. The minimum Gasteiger partial charge on any atom is -0.493 e. The lowest BCUT2D eigenvalue weighted by Gasteiger charge is -2.10. The fourth-order valence-corrected chi connectivity index (χ4v) is 3.36. The number of amides is 3. The average molecular weight is 452 g/mol. The van der Waals surface area contributed by atoms with Gasteiger partial charge in [0.05, 0.1) is 30.9 Å². The van der Waals surface area contributed by atoms with E-state index in [0.717, 1.165) is 10.5 Å². The SMILES string of the molecule is C=CCN1C(=O)c2ccc(C(=O)OCC(=O)NCCc3ccc(OC)c(OC)c3)cc2C1=O. The summed E-state index contributed by atoms with van der Waals surface area (Å²) in [4.78, 5) is 50.0. The molecule has 0 unspecified atom stereocenters. The number of imide groups is 1. The van der Waals surface area contributed by atoms with Crippen LogP contribution in [0.25, 0.3) is 0 Å². The molecule has 1 aliphatic heterocycles. The highest BCUT2D eigenvalue weighted by atomic mass is 16.5. The van der Waals surface area contributed by atoms with Crippen LogP contribution in [0.3, 0.4) is 0 Å². The molecule has 0 saturated carbocycles. The van der Waals surface area contributed by atoms with E-state index in [1.54, 1.807) is 20.3 Å². The molecule has 0 radical (unpaired) electrons. The molecule has 3 rings (SSSR count). The van der Waals surface area contributed by atoms with E-state index in [0.29, 0.717) is 24.5 Å². The van der Waals surface area contributed by atoms with Crippen molar-refractivity contribution < 1.29 is 33.4 Å². The second-order valence-corrected chi connectivity index (χ2v) is 7.14. The molecule has 0 fully saturated rings. The fourth-order valence-electron chi connectivity index (χ4n) is 3.36. The first-order valence-corrected chi connectivity index (χ1v) is 10.2. The number of hydrogen-bond acceptors (Lipinski definition) is 7. The van der Waals surface area contributed by atoms with Crippen molar-refractivity contribution >= 4 is 23.7 Å². The molecule has 0 spiro atoms. The molecule has 9 nitrogen and oxygen atoms in total. The van der Waals surface area contributed by atoms with Crippen LogP contribution in [0.5, 0.6) is 11.5 Å². The van der Waals surface area contributed by atoms with Crippen LogP contribution in [0, 0.1) is 0 Å². The van der Waals surface area contributed by atoms with Crippen LogP contribution in [0.2, 0.25) is 0 Å². The third-order valence-electron chi connectivity index (χ3n) is 5.04. The molecule has 0 aliphatic carbocycles. The van der Waals surface area contributed by atoms with Gasteiger partial charge in [0.1, 0.15) is 0 Å². The van der Waals surface area contributed by atoms with Crippen molar-refractivity contribution in [3.05, 3.63) is 71.3 Å². The van der Waals surface area contributed by atoms with Crippen molar-refractivity contribution in [1.29, 1.82) is 0 Å². The van der Waals surface area contributed by atoms with Gasteiger partial charge in [-0.2, -0.15) is 0 Å². The molecule has 3 amide bonds. The predicted octanol–water partition coefficient (Wildman–Crippen LogP) is 2.00. The van der Waals surface area contributed by atoms with Gasteiger partial charge in [-0.25, -0.2) is 4.79 Å². The summed E-state index contributed by atoms with van der Waals surface area (Å²) in [7, 11) is 3.10. The van der Waals surface area contributed by atoms with Gasteiger partial charge in [-0.3, -0.25) is 19.3 Å². The van der Waals surface area contributed by atoms with Crippen LogP contribution in [0.1, 0.15) is 36.6 Å². The number of carbonyl (C=O) groups is 4. The second kappa shape index (κ2) is 10.4. The number of ether oxygens (including phenoxy) is 3. The maximum Gasteiger partial charge on any atom is 0.338 e. The predicted molar refractivity (Wildman–Crippen MR) is 119 cm³/mol. The summed E-state index contributed by atoms with van der Waals surface area (Å²) >= 11 is 0. The monoisotopic (exact) mass is 452 g/mol. The number of methoxy groups -OCH3 is 2. The maximum atomic E-state index is 12.4. The van der Waals surface area contributed by atoms with Gasteiger partial charge in [-0.1, -0.05) is 12.1 Å². The van der Waals surface area contributed by atoms with Crippen LogP contribution >= 0.6 is 0 Å². The van der Waals surface area contributed by atoms with Crippen molar-refractivity contribution in [1.82, 2.24) is 10.2 Å². The van der Waals surface area contributed by atoms with Gasteiger partial charge >= 0.3 is 5.97 Å². The number of fused-ring (bicyclic) bond motifs is 1. The Morgan fingerprint density at radius 1 is 1.00 bits per heavy atom. The maximum absolute atomic E-state index is 12.4. The van der Waals surface area contributed by atoms with E-state index in [1.807, 2.05) is 12.1 Å². The highest BCUT2D eigenvalue weighted by Gasteiger charge is 2.35. The summed E-state index contributed by atoms with van der Waals surface area (Å²) in [6, 6.07) is 9.56. The van der Waals surface area contributed by atoms with E-state index in [4.69, 9.17) is 14.2 Å². The molecule has 9 heteroatoms. The zero-order valence-electron chi connectivity index (χ0n) is 18.4. The summed E-state index contributed by atoms with van der Waals surface area (Å²) in [6.45, 7) is 3.46. The third kappa shape index (κ3) is 5.20. The number of rotatable bonds is 10. The Kier molecular flexibility index (Phi) is 7.45. The molecule has 33 heavy (non-hydrogen) atoms. The van der Waals surface area contributed by atoms with Gasteiger partial charge in [-0.15, -0.1) is 6.58 Å². The molecule has 1 heterocycles. The summed E-state index contributed by atoms with van der Waals surface area (Å²) in [5.74, 6) is -0.967. The summed E-state index contributed by atoms with van der Waals surface area (Å²) in [6.07, 6.45) is 1.99. The zero-order valence-corrected chi connectivity index (χ0v) is 18.4. The van der Waals surface area contributed by atoms with Crippen molar-refractivity contribution in [3.63, 3.8) is 0 Å². The fraction of sp³-hybridized carbons (Fsp3) is 0.250. The molecule has 0 atom stereocenters. The third-order valence-corrected chi connectivity index (χ3v) is 5.04. The van der Waals surface area contributed by atoms with Crippen molar-refractivity contribution in [3.8, 4) is 11.5 Å². The molecule has 0 saturated heterocycles. The first-order chi connectivity index (χ1) is 15.9. The topological polar surface area (TPSA) is 111 Å². The van der Waals surface area contributed by atoms with Crippen LogP contribution in [-0.2, 0) is 16.0 Å². The number of nitrogens with one attached hydrogen (secondary N) is 1. The molecule has 172 valence electrons. The van der Waals surface area contributed by atoms with Gasteiger partial charge in [0.2, 0.25) is 0 Å². The molecule has 2 aromatic carbocycles. The van der Waals surface area contributed by atoms with Crippen molar-refractivity contribution in [2.45, 2.75) is 6.42 Å². The van der Waals surface area contributed by atoms with Crippen LogP contribution < -0.4 is 14.8 Å². The van der Waals surface area contributed by atoms with Gasteiger partial charge in [-0.05, 0) is 42.3 Å². The molecule has 1 N–H and O–H groups in total. The lowest BCUT2D eigenvalue weighted by molar-refractivity contribution is -0.124. The van der Waals surface area contributed by atoms with E-state index in [-0.39, 0.29) is 23.2 Å². The van der Waals surface area contributed by atoms with E-state index in [9.17, 15) is 19.2 Å². The van der Waals surface area contributed by atoms with Gasteiger partial charge in [0.15, 0.2) is 18.1 Å². The van der Waals surface area contributed by atoms with Crippen LogP contribution in [-0.4, -0.2) is 62.5 Å². The number of benzene rings is 2. The van der Waals surface area contributed by atoms with Crippen molar-refractivity contribution in [2.75, 3.05) is 33.9 Å². The number of carbonyl (C=O) groups excluding carboxylic acids is 4. The van der Waals surface area contributed by atoms with E-state index in [2.05, 4.69) is 11.9 Å². The van der Waals surface area contributed by atoms with E-state index >= 15 is 0 Å². The Balaban J connectivity index is 1.50. The largest absolute Gasteiger partial charge is 0.493 e. The van der Waals surface area contributed by atoms with Gasteiger partial charge < -0.3 is 19.5 Å². The Labute approximate surface area is 190 Å². The molecular weight excluding hydrogens is 428 g/mol. The van der Waals surface area contributed by atoms with E-state index < -0.39 is 30.3 Å². The second-order valence-electron chi connectivity index (χ2n) is 7.14. The highest BCUT2D eigenvalue weighted by molar-refractivity contribution is 6.22. The van der Waals surface area contributed by atoms with Crippen molar-refractivity contribution in [2.24, 2.45) is 0 Å². The Bertz CT molecular complexity index is 1110. The lowest BCUT2D eigenvalue weighted by Crippen LogP contribution is -2.30. The molecule has 2 aromatic rings. The lowest BCUT2D eigenvalue weighted by atomic mass is 10.1. The summed E-state index contributed by atoms with van der Waals surface area (Å²) < 4.78 is 15.5. The molecule has 1 aliphatic rings. The Hall–Kier alpha value is -4.14. The highest BCUT2D eigenvalue weighted by Crippen LogP contribution is 2.27. The average Bonchev–Trinajstić information content (AvgIpc) is 3.07. The van der Waals surface area contributed by atoms with Gasteiger partial charge in [0, 0.05) is 13.1 Å². The van der Waals surface area contributed by atoms with Gasteiger partial charge in [0.25, 0.3) is 17.7 Å². The summed E-state index contributed by atoms with van der Waals surface area (Å²) in [5.41, 5.74) is 1.35. The smallest absolute Gasteiger partial charge is 0.338 e. The standard InChI is InChI=1S/C24H24N2O7/c1-4-11-26-22(28)17-7-6-16(13-18(17)23(26)29)24(30)33-14-21(27)25-10-9-15-5-8-19(31-2)20(12-15)32-3/h4-8,12-13H,1,9-11,14H2,2-3H3,(H,25,27). The number of esters is 1. The summed E-state index contributed by atoms with van der Waals surface area (Å²) in [5, 5.41) is 2.68. The number of hydrogen-bond donors (Lipinski definition) is 1. The quantitative estimate of drug-likeness (QED) is 0.333. The minimum atomic E-state index is -0.768. The minimum absolute atomic E-state index is 0.0773. The van der Waals surface area contributed by atoms with E-state index in [1.165, 1.54) is 24.3 Å². The van der Waals surface area contributed by atoms with Crippen LogP contribution in [0.4, 0.5) is 0 Å². The first kappa shape index (κ1) is 23.5.